The quantitative estimate of drug-likeness (QED) is 0.798. The Kier molecular flexibility index (Phi) is 4.63. The van der Waals surface area contributed by atoms with Crippen LogP contribution in [0.15, 0.2) is 53.4 Å². The van der Waals surface area contributed by atoms with Crippen LogP contribution in [0.1, 0.15) is 36.8 Å². The van der Waals surface area contributed by atoms with Crippen molar-refractivity contribution >= 4 is 21.4 Å². The molecule has 0 radical (unpaired) electrons. The number of sulfone groups is 1. The topological polar surface area (TPSA) is 75.7 Å². The molecule has 1 amide bonds. The monoisotopic (exact) mass is 426 g/mol. The van der Waals surface area contributed by atoms with Crippen molar-refractivity contribution in [3.63, 3.8) is 0 Å². The summed E-state index contributed by atoms with van der Waals surface area (Å²) in [4.78, 5) is 14.7. The fraction of sp³-hybridized carbons (Fsp3) is 0.435. The van der Waals surface area contributed by atoms with Gasteiger partial charge in [-0.05, 0) is 38.0 Å². The molecular weight excluding hydrogens is 400 g/mol. The number of para-hydroxylation sites is 1. The highest BCUT2D eigenvalue weighted by Crippen LogP contribution is 2.44. The molecule has 3 aliphatic heterocycles. The summed E-state index contributed by atoms with van der Waals surface area (Å²) in [7, 11) is -3.76. The molecule has 3 aliphatic rings. The predicted octanol–water partition coefficient (Wildman–Crippen LogP) is 3.26. The van der Waals surface area contributed by atoms with Crippen molar-refractivity contribution in [2.24, 2.45) is 0 Å². The van der Waals surface area contributed by atoms with Gasteiger partial charge in [0, 0.05) is 30.6 Å². The first kappa shape index (κ1) is 19.6. The summed E-state index contributed by atoms with van der Waals surface area (Å²) in [6.07, 6.45) is 2.28. The van der Waals surface area contributed by atoms with Crippen LogP contribution < -0.4 is 5.32 Å². The molecule has 0 saturated carbocycles. The number of nitrogens with one attached hydrogen (secondary N) is 1. The van der Waals surface area contributed by atoms with Gasteiger partial charge in [-0.15, -0.1) is 0 Å². The van der Waals surface area contributed by atoms with Crippen molar-refractivity contribution in [3.8, 4) is 0 Å². The molecule has 0 bridgehead atoms. The first-order valence-electron chi connectivity index (χ1n) is 10.5. The van der Waals surface area contributed by atoms with Crippen LogP contribution in [0.25, 0.3) is 0 Å². The number of carbonyl (C=O) groups is 1. The second-order valence-corrected chi connectivity index (χ2v) is 10.6. The van der Waals surface area contributed by atoms with Gasteiger partial charge >= 0.3 is 0 Å². The van der Waals surface area contributed by atoms with E-state index >= 15 is 0 Å². The van der Waals surface area contributed by atoms with E-state index < -0.39 is 26.9 Å². The maximum atomic E-state index is 14.0. The van der Waals surface area contributed by atoms with Gasteiger partial charge in [0.05, 0.1) is 17.5 Å². The molecule has 0 aliphatic carbocycles. The zero-order valence-corrected chi connectivity index (χ0v) is 17.8. The van der Waals surface area contributed by atoms with Gasteiger partial charge in [-0.1, -0.05) is 35.9 Å². The van der Waals surface area contributed by atoms with E-state index in [0.717, 1.165) is 16.8 Å². The average molecular weight is 427 g/mol. The Labute approximate surface area is 177 Å². The third-order valence-electron chi connectivity index (χ3n) is 6.68. The molecule has 6 nitrogen and oxygen atoms in total. The average Bonchev–Trinajstić information content (AvgIpc) is 2.74. The van der Waals surface area contributed by atoms with Crippen LogP contribution in [0.2, 0.25) is 0 Å². The van der Waals surface area contributed by atoms with E-state index in [2.05, 4.69) is 5.32 Å². The number of piperidine rings is 2. The minimum Gasteiger partial charge on any atom is -0.356 e. The molecule has 0 aromatic heterocycles. The fourth-order valence-corrected chi connectivity index (χ4v) is 7.40. The van der Waals surface area contributed by atoms with Crippen molar-refractivity contribution in [2.45, 2.75) is 61.1 Å². The Morgan fingerprint density at radius 2 is 1.90 bits per heavy atom. The number of carbonyl (C=O) groups excluding carboxylic acids is 1. The largest absolute Gasteiger partial charge is 0.356 e. The van der Waals surface area contributed by atoms with Crippen LogP contribution in [-0.2, 0) is 26.0 Å². The third-order valence-corrected chi connectivity index (χ3v) is 8.97. The lowest BCUT2D eigenvalue weighted by Crippen LogP contribution is -2.70. The Morgan fingerprint density at radius 3 is 2.70 bits per heavy atom. The second kappa shape index (κ2) is 7.10. The Bertz CT molecular complexity index is 1080. The maximum Gasteiger partial charge on any atom is 0.222 e. The molecule has 2 fully saturated rings. The summed E-state index contributed by atoms with van der Waals surface area (Å²) in [5.41, 5.74) is 1.86. The lowest BCUT2D eigenvalue weighted by Gasteiger charge is -2.54. The number of amides is 1. The number of ether oxygens (including phenoxy) is 1. The number of fused-ring (bicyclic) bond motifs is 2. The summed E-state index contributed by atoms with van der Waals surface area (Å²) in [5, 5.41) is 2.58. The highest BCUT2D eigenvalue weighted by molar-refractivity contribution is 7.92. The Balaban J connectivity index is 1.63. The van der Waals surface area contributed by atoms with Crippen molar-refractivity contribution in [1.29, 1.82) is 0 Å². The van der Waals surface area contributed by atoms with Gasteiger partial charge in [0.2, 0.25) is 5.91 Å². The minimum absolute atomic E-state index is 0.0430. The number of benzene rings is 2. The lowest BCUT2D eigenvalue weighted by atomic mass is 9.85. The molecule has 3 unspecified atom stereocenters. The van der Waals surface area contributed by atoms with E-state index in [-0.39, 0.29) is 10.8 Å². The maximum absolute atomic E-state index is 14.0. The molecule has 1 N–H and O–H groups in total. The number of hydrogen-bond acceptors (Lipinski definition) is 5. The third kappa shape index (κ3) is 3.03. The number of aryl methyl sites for hydroxylation is 1. The summed E-state index contributed by atoms with van der Waals surface area (Å²) in [6, 6.07) is 14.4. The van der Waals surface area contributed by atoms with Crippen molar-refractivity contribution < 1.29 is 17.9 Å². The molecular formula is C23H26N2O4S. The van der Waals surface area contributed by atoms with Crippen molar-refractivity contribution in [1.82, 2.24) is 4.90 Å². The van der Waals surface area contributed by atoms with Crippen molar-refractivity contribution in [2.75, 3.05) is 11.9 Å². The van der Waals surface area contributed by atoms with E-state index in [0.29, 0.717) is 38.8 Å². The van der Waals surface area contributed by atoms with Gasteiger partial charge in [0.1, 0.15) is 5.25 Å². The van der Waals surface area contributed by atoms with Gasteiger partial charge < -0.3 is 15.0 Å². The predicted molar refractivity (Wildman–Crippen MR) is 114 cm³/mol. The highest BCUT2D eigenvalue weighted by Gasteiger charge is 2.58. The number of rotatable bonds is 2. The first-order chi connectivity index (χ1) is 14.4. The molecule has 7 heteroatoms. The molecule has 2 aromatic rings. The van der Waals surface area contributed by atoms with Crippen molar-refractivity contribution in [3.05, 3.63) is 59.7 Å². The molecule has 30 heavy (non-hydrogen) atoms. The van der Waals surface area contributed by atoms with Gasteiger partial charge in [0.15, 0.2) is 15.6 Å². The molecule has 1 spiro atoms. The van der Waals surface area contributed by atoms with E-state index in [1.165, 1.54) is 0 Å². The van der Waals surface area contributed by atoms with Crippen LogP contribution in [0.4, 0.5) is 5.69 Å². The molecule has 3 heterocycles. The minimum atomic E-state index is -3.76. The zero-order chi connectivity index (χ0) is 20.9. The van der Waals surface area contributed by atoms with Crippen LogP contribution >= 0.6 is 0 Å². The van der Waals surface area contributed by atoms with E-state index in [9.17, 15) is 13.2 Å². The summed E-state index contributed by atoms with van der Waals surface area (Å²) in [6.45, 7) is 2.78. The molecule has 158 valence electrons. The van der Waals surface area contributed by atoms with Gasteiger partial charge in [-0.25, -0.2) is 8.42 Å². The van der Waals surface area contributed by atoms with Gasteiger partial charge in [0.25, 0.3) is 0 Å². The first-order valence-corrected chi connectivity index (χ1v) is 12.1. The van der Waals surface area contributed by atoms with Crippen LogP contribution in [0.5, 0.6) is 0 Å². The summed E-state index contributed by atoms with van der Waals surface area (Å²) in [5.74, 6) is 0.0430. The second-order valence-electron chi connectivity index (χ2n) is 8.54. The fourth-order valence-electron chi connectivity index (χ4n) is 5.15. The van der Waals surface area contributed by atoms with E-state index in [1.807, 2.05) is 43.3 Å². The molecule has 2 saturated heterocycles. The van der Waals surface area contributed by atoms with Gasteiger partial charge in [-0.3, -0.25) is 4.79 Å². The summed E-state index contributed by atoms with van der Waals surface area (Å²) < 4.78 is 34.3. The lowest BCUT2D eigenvalue weighted by molar-refractivity contribution is -0.147. The summed E-state index contributed by atoms with van der Waals surface area (Å²) >= 11 is 0. The number of nitrogens with zero attached hydrogens (tertiary/aromatic N) is 1. The SMILES string of the molecule is Cc1ccc(S(=O)(=O)C2C3CCCC(=O)N3CCC23Nc2ccccc2CO3)cc1. The van der Waals surface area contributed by atoms with E-state index in [4.69, 9.17) is 4.74 Å². The Morgan fingerprint density at radius 1 is 1.13 bits per heavy atom. The molecule has 3 atom stereocenters. The van der Waals surface area contributed by atoms with Gasteiger partial charge in [-0.2, -0.15) is 0 Å². The normalized spacial score (nSPS) is 28.6. The number of hydrogen-bond donors (Lipinski definition) is 1. The smallest absolute Gasteiger partial charge is 0.222 e. The molecule has 2 aromatic carbocycles. The van der Waals surface area contributed by atoms with Crippen LogP contribution in [0.3, 0.4) is 0 Å². The molecule has 5 rings (SSSR count). The van der Waals surface area contributed by atoms with Crippen LogP contribution in [0, 0.1) is 6.92 Å². The Hall–Kier alpha value is -2.38. The van der Waals surface area contributed by atoms with Crippen LogP contribution in [-0.4, -0.2) is 42.8 Å². The zero-order valence-electron chi connectivity index (χ0n) is 17.0. The number of anilines is 1. The van der Waals surface area contributed by atoms with E-state index in [1.54, 1.807) is 17.0 Å². The highest BCUT2D eigenvalue weighted by atomic mass is 32.2. The standard InChI is InChI=1S/C23H26N2O4S/c1-16-9-11-18(12-10-16)30(27,28)22-20-7-4-8-21(26)25(20)14-13-23(22)24-19-6-3-2-5-17(19)15-29-23/h2-3,5-6,9-12,20,22,24H,4,7-8,13-15H2,1H3.